The average molecular weight is 374 g/mol. The number of imidazole rings is 1. The van der Waals surface area contributed by atoms with Crippen molar-refractivity contribution in [1.82, 2.24) is 24.9 Å². The van der Waals surface area contributed by atoms with Gasteiger partial charge in [-0.1, -0.05) is 6.07 Å². The third-order valence-electron chi connectivity index (χ3n) is 4.63. The molecule has 3 heterocycles. The molecule has 7 nitrogen and oxygen atoms in total. The van der Waals surface area contributed by atoms with Gasteiger partial charge in [0.15, 0.2) is 0 Å². The molecule has 142 valence electrons. The van der Waals surface area contributed by atoms with Gasteiger partial charge in [0, 0.05) is 35.1 Å². The number of hydrogen-bond donors (Lipinski definition) is 2. The van der Waals surface area contributed by atoms with E-state index in [9.17, 15) is 0 Å². The number of rotatable bonds is 5. The van der Waals surface area contributed by atoms with Crippen molar-refractivity contribution >= 4 is 16.7 Å². The monoisotopic (exact) mass is 374 g/mol. The van der Waals surface area contributed by atoms with Crippen LogP contribution in [0.15, 0.2) is 43.0 Å². The Kier molecular flexibility index (Phi) is 4.65. The van der Waals surface area contributed by atoms with E-state index in [2.05, 4.69) is 30.2 Å². The zero-order chi connectivity index (χ0) is 19.7. The van der Waals surface area contributed by atoms with Crippen molar-refractivity contribution in [2.45, 2.75) is 26.8 Å². The molecule has 0 aliphatic carbocycles. The van der Waals surface area contributed by atoms with Crippen molar-refractivity contribution in [1.29, 1.82) is 0 Å². The molecule has 7 heteroatoms. The second-order valence-electron chi connectivity index (χ2n) is 6.83. The normalized spacial score (nSPS) is 12.1. The molecule has 0 unspecified atom stereocenters. The maximum absolute atomic E-state index is 5.60. The van der Waals surface area contributed by atoms with Gasteiger partial charge in [-0.25, -0.2) is 15.0 Å². The van der Waals surface area contributed by atoms with Gasteiger partial charge in [0.1, 0.15) is 23.7 Å². The predicted molar refractivity (Wildman–Crippen MR) is 109 cm³/mol. The maximum atomic E-state index is 5.60. The van der Waals surface area contributed by atoms with Crippen molar-refractivity contribution < 1.29 is 4.74 Å². The van der Waals surface area contributed by atoms with E-state index in [0.29, 0.717) is 0 Å². The quantitative estimate of drug-likeness (QED) is 0.544. The Morgan fingerprint density at radius 3 is 2.57 bits per heavy atom. The number of benzene rings is 1. The first-order chi connectivity index (χ1) is 13.5. The summed E-state index contributed by atoms with van der Waals surface area (Å²) in [5, 5.41) is 4.33. The molecule has 4 aromatic rings. The molecule has 3 aromatic heterocycles. The van der Waals surface area contributed by atoms with Crippen molar-refractivity contribution in [3.63, 3.8) is 0 Å². The van der Waals surface area contributed by atoms with Gasteiger partial charge < -0.3 is 15.0 Å². The molecule has 1 atom stereocenters. The first kappa shape index (κ1) is 17.9. The molecule has 0 saturated heterocycles. The van der Waals surface area contributed by atoms with E-state index in [1.54, 1.807) is 13.4 Å². The fourth-order valence-electron chi connectivity index (χ4n) is 3.12. The summed E-state index contributed by atoms with van der Waals surface area (Å²) >= 11 is 0. The van der Waals surface area contributed by atoms with Crippen LogP contribution >= 0.6 is 0 Å². The molecule has 2 N–H and O–H groups in total. The fraction of sp³-hybridized carbons (Fsp3) is 0.238. The summed E-state index contributed by atoms with van der Waals surface area (Å²) in [4.78, 5) is 21.1. The maximum Gasteiger partial charge on any atom is 0.137 e. The molecular formula is C21H22N6O. The van der Waals surface area contributed by atoms with Crippen LogP contribution < -0.4 is 10.1 Å². The van der Waals surface area contributed by atoms with E-state index in [1.165, 1.54) is 0 Å². The van der Waals surface area contributed by atoms with Gasteiger partial charge in [-0.2, -0.15) is 0 Å². The zero-order valence-corrected chi connectivity index (χ0v) is 16.3. The van der Waals surface area contributed by atoms with E-state index in [0.717, 1.165) is 50.8 Å². The number of pyridine rings is 1. The molecule has 0 radical (unpaired) electrons. The number of aromatic amines is 1. The van der Waals surface area contributed by atoms with Crippen LogP contribution in [0.3, 0.4) is 0 Å². The Morgan fingerprint density at radius 1 is 1.04 bits per heavy atom. The highest BCUT2D eigenvalue weighted by atomic mass is 16.5. The largest absolute Gasteiger partial charge is 0.496 e. The molecule has 0 spiro atoms. The third kappa shape index (κ3) is 3.38. The standard InChI is InChI=1S/C21H22N6O/c1-12-5-6-17(22-9-12)15-7-16-18(8-19(15)28-4)24-11-25-21(16)27-14(3)20-23-10-13(2)26-20/h5-11,14H,1-4H3,(H,23,26)(H,24,25,27)/t14-/m1/s1. The smallest absolute Gasteiger partial charge is 0.137 e. The number of methoxy groups -OCH3 is 1. The summed E-state index contributed by atoms with van der Waals surface area (Å²) in [6, 6.07) is 7.93. The van der Waals surface area contributed by atoms with Gasteiger partial charge in [-0.05, 0) is 38.5 Å². The Morgan fingerprint density at radius 2 is 1.89 bits per heavy atom. The number of ether oxygens (including phenoxy) is 1. The fourth-order valence-corrected chi connectivity index (χ4v) is 3.12. The third-order valence-corrected chi connectivity index (χ3v) is 4.63. The van der Waals surface area contributed by atoms with Crippen LogP contribution in [0.2, 0.25) is 0 Å². The molecule has 1 aromatic carbocycles. The number of fused-ring (bicyclic) bond motifs is 1. The minimum absolute atomic E-state index is 0.0325. The lowest BCUT2D eigenvalue weighted by Gasteiger charge is -2.15. The number of anilines is 1. The first-order valence-corrected chi connectivity index (χ1v) is 9.09. The van der Waals surface area contributed by atoms with E-state index >= 15 is 0 Å². The van der Waals surface area contributed by atoms with Gasteiger partial charge in [0.05, 0.1) is 24.4 Å². The van der Waals surface area contributed by atoms with Crippen molar-refractivity contribution in [3.05, 3.63) is 60.1 Å². The lowest BCUT2D eigenvalue weighted by molar-refractivity contribution is 0.417. The summed E-state index contributed by atoms with van der Waals surface area (Å²) in [5.41, 5.74) is 4.67. The van der Waals surface area contributed by atoms with E-state index < -0.39 is 0 Å². The Balaban J connectivity index is 1.79. The molecule has 4 rings (SSSR count). The van der Waals surface area contributed by atoms with Crippen LogP contribution in [-0.4, -0.2) is 32.0 Å². The topological polar surface area (TPSA) is 88.6 Å². The van der Waals surface area contributed by atoms with Gasteiger partial charge in [0.25, 0.3) is 0 Å². The van der Waals surface area contributed by atoms with Gasteiger partial charge >= 0.3 is 0 Å². The van der Waals surface area contributed by atoms with Crippen LogP contribution in [0.4, 0.5) is 5.82 Å². The summed E-state index contributed by atoms with van der Waals surface area (Å²) in [5.74, 6) is 2.32. The highest BCUT2D eigenvalue weighted by Crippen LogP contribution is 2.35. The summed E-state index contributed by atoms with van der Waals surface area (Å²) < 4.78 is 5.60. The van der Waals surface area contributed by atoms with Crippen molar-refractivity contribution in [2.75, 3.05) is 12.4 Å². The lowest BCUT2D eigenvalue weighted by atomic mass is 10.1. The number of nitrogens with one attached hydrogen (secondary N) is 2. The number of aromatic nitrogens is 5. The zero-order valence-electron chi connectivity index (χ0n) is 16.3. The van der Waals surface area contributed by atoms with E-state index in [-0.39, 0.29) is 6.04 Å². The average Bonchev–Trinajstić information content (AvgIpc) is 3.14. The Bertz CT molecular complexity index is 1120. The summed E-state index contributed by atoms with van der Waals surface area (Å²) in [6.07, 6.45) is 5.21. The van der Waals surface area contributed by atoms with E-state index in [1.807, 2.05) is 57.4 Å². The van der Waals surface area contributed by atoms with Crippen LogP contribution in [0.25, 0.3) is 22.2 Å². The Hall–Kier alpha value is -3.48. The number of aryl methyl sites for hydroxylation is 2. The highest BCUT2D eigenvalue weighted by molar-refractivity contribution is 5.94. The van der Waals surface area contributed by atoms with Gasteiger partial charge in [0.2, 0.25) is 0 Å². The summed E-state index contributed by atoms with van der Waals surface area (Å²) in [6.45, 7) is 6.04. The molecule has 0 bridgehead atoms. The predicted octanol–water partition coefficient (Wildman–Crippen LogP) is 4.21. The molecule has 0 saturated carbocycles. The van der Waals surface area contributed by atoms with Crippen LogP contribution in [0, 0.1) is 13.8 Å². The van der Waals surface area contributed by atoms with Crippen molar-refractivity contribution in [3.8, 4) is 17.0 Å². The summed E-state index contributed by atoms with van der Waals surface area (Å²) in [7, 11) is 1.65. The molecule has 0 amide bonds. The van der Waals surface area contributed by atoms with E-state index in [4.69, 9.17) is 4.74 Å². The van der Waals surface area contributed by atoms with Crippen LogP contribution in [0.5, 0.6) is 5.75 Å². The highest BCUT2D eigenvalue weighted by Gasteiger charge is 2.15. The lowest BCUT2D eigenvalue weighted by Crippen LogP contribution is -2.10. The van der Waals surface area contributed by atoms with Gasteiger partial charge in [-0.3, -0.25) is 4.98 Å². The number of hydrogen-bond acceptors (Lipinski definition) is 6. The molecular weight excluding hydrogens is 352 g/mol. The molecule has 0 aliphatic heterocycles. The first-order valence-electron chi connectivity index (χ1n) is 9.09. The van der Waals surface area contributed by atoms with Crippen LogP contribution in [-0.2, 0) is 0 Å². The molecule has 28 heavy (non-hydrogen) atoms. The second kappa shape index (κ2) is 7.26. The SMILES string of the molecule is COc1cc2ncnc(N[C@H](C)c3ncc(C)[nH]3)c2cc1-c1ccc(C)cn1. The minimum Gasteiger partial charge on any atom is -0.496 e. The van der Waals surface area contributed by atoms with Crippen LogP contribution in [0.1, 0.15) is 30.0 Å². The minimum atomic E-state index is -0.0325. The molecule has 0 fully saturated rings. The number of H-pyrrole nitrogens is 1. The number of nitrogens with zero attached hydrogens (tertiary/aromatic N) is 4. The Labute approximate surface area is 163 Å². The molecule has 0 aliphatic rings. The van der Waals surface area contributed by atoms with Crippen molar-refractivity contribution in [2.24, 2.45) is 0 Å². The second-order valence-corrected chi connectivity index (χ2v) is 6.83. The van der Waals surface area contributed by atoms with Gasteiger partial charge in [-0.15, -0.1) is 0 Å².